The molecule has 0 heterocycles. The quantitative estimate of drug-likeness (QED) is 0.310. The molecule has 0 saturated heterocycles. The molecule has 0 saturated carbocycles. The third-order valence-electron chi connectivity index (χ3n) is 1.62. The first kappa shape index (κ1) is 10.6. The van der Waals surface area contributed by atoms with Gasteiger partial charge in [0.05, 0.1) is 0 Å². The van der Waals surface area contributed by atoms with Crippen LogP contribution in [-0.2, 0) is 0 Å². The molecule has 1 aromatic carbocycles. The van der Waals surface area contributed by atoms with Gasteiger partial charge in [0.25, 0.3) is 0 Å². The van der Waals surface area contributed by atoms with Gasteiger partial charge in [-0.15, -0.1) is 0 Å². The lowest BCUT2D eigenvalue weighted by Crippen LogP contribution is -1.74. The Bertz CT molecular complexity index is 367. The molecule has 0 fully saturated rings. The molecule has 0 unspecified atom stereocenters. The van der Waals surface area contributed by atoms with E-state index in [1.54, 1.807) is 0 Å². The zero-order valence-corrected chi connectivity index (χ0v) is 8.35. The highest BCUT2D eigenvalue weighted by Crippen LogP contribution is 2.11. The van der Waals surface area contributed by atoms with E-state index >= 15 is 0 Å². The Kier molecular flexibility index (Phi) is 4.62. The molecule has 0 bridgehead atoms. The fraction of sp³-hybridized carbons (Fsp3) is 0.200. The van der Waals surface area contributed by atoms with Crippen molar-refractivity contribution in [2.45, 2.75) is 6.42 Å². The predicted molar refractivity (Wildman–Crippen MR) is 59.1 cm³/mol. The summed E-state index contributed by atoms with van der Waals surface area (Å²) in [5.41, 5.74) is 9.09. The molecule has 4 heteroatoms. The maximum absolute atomic E-state index is 8.04. The van der Waals surface area contributed by atoms with Gasteiger partial charge in [-0.2, -0.15) is 0 Å². The van der Waals surface area contributed by atoms with Gasteiger partial charge < -0.3 is 0 Å². The van der Waals surface area contributed by atoms with E-state index in [1.165, 1.54) is 0 Å². The first-order valence-electron chi connectivity index (χ1n) is 4.26. The Morgan fingerprint density at radius 3 is 3.07 bits per heavy atom. The second-order valence-electron chi connectivity index (χ2n) is 2.70. The van der Waals surface area contributed by atoms with Crippen LogP contribution < -0.4 is 0 Å². The van der Waals surface area contributed by atoms with Crippen molar-refractivity contribution in [1.29, 1.82) is 0 Å². The molecule has 14 heavy (non-hydrogen) atoms. The highest BCUT2D eigenvalue weighted by molar-refractivity contribution is 6.30. The van der Waals surface area contributed by atoms with Crippen molar-refractivity contribution in [1.82, 2.24) is 0 Å². The average Bonchev–Trinajstić information content (AvgIpc) is 2.18. The SMILES string of the molecule is [N-]=[N+]=NCCC=Cc1cccc(Cl)c1. The molecule has 0 aliphatic heterocycles. The van der Waals surface area contributed by atoms with Crippen molar-refractivity contribution < 1.29 is 0 Å². The van der Waals surface area contributed by atoms with E-state index in [1.807, 2.05) is 36.4 Å². The van der Waals surface area contributed by atoms with Gasteiger partial charge >= 0.3 is 0 Å². The van der Waals surface area contributed by atoms with Gasteiger partial charge in [0.1, 0.15) is 0 Å². The predicted octanol–water partition coefficient (Wildman–Crippen LogP) is 4.05. The lowest BCUT2D eigenvalue weighted by Gasteiger charge is -1.93. The number of hydrogen-bond acceptors (Lipinski definition) is 1. The fourth-order valence-electron chi connectivity index (χ4n) is 1.01. The Morgan fingerprint density at radius 1 is 1.50 bits per heavy atom. The molecule has 0 N–H and O–H groups in total. The lowest BCUT2D eigenvalue weighted by molar-refractivity contribution is 0.996. The number of rotatable bonds is 4. The minimum absolute atomic E-state index is 0.494. The molecule has 72 valence electrons. The van der Waals surface area contributed by atoms with E-state index in [0.717, 1.165) is 17.0 Å². The molecule has 0 atom stereocenters. The van der Waals surface area contributed by atoms with Crippen LogP contribution in [0.1, 0.15) is 12.0 Å². The van der Waals surface area contributed by atoms with Gasteiger partial charge in [-0.3, -0.25) is 0 Å². The zero-order chi connectivity index (χ0) is 10.2. The van der Waals surface area contributed by atoms with Gasteiger partial charge in [-0.05, 0) is 29.6 Å². The Hall–Kier alpha value is -1.44. The molecule has 0 aromatic heterocycles. The minimum Gasteiger partial charge on any atom is -0.0937 e. The third-order valence-corrected chi connectivity index (χ3v) is 1.85. The fourth-order valence-corrected chi connectivity index (χ4v) is 1.21. The topological polar surface area (TPSA) is 48.8 Å². The molecule has 0 aliphatic carbocycles. The molecule has 0 aliphatic rings. The third kappa shape index (κ3) is 3.99. The monoisotopic (exact) mass is 207 g/mol. The van der Waals surface area contributed by atoms with Gasteiger partial charge in [0, 0.05) is 16.5 Å². The maximum atomic E-state index is 8.04. The van der Waals surface area contributed by atoms with Gasteiger partial charge in [0.15, 0.2) is 0 Å². The van der Waals surface area contributed by atoms with Crippen molar-refractivity contribution in [2.24, 2.45) is 5.11 Å². The summed E-state index contributed by atoms with van der Waals surface area (Å²) in [5, 5.41) is 4.15. The Morgan fingerprint density at radius 2 is 2.36 bits per heavy atom. The van der Waals surface area contributed by atoms with E-state index in [-0.39, 0.29) is 0 Å². The molecule has 1 aromatic rings. The van der Waals surface area contributed by atoms with Crippen molar-refractivity contribution >= 4 is 17.7 Å². The summed E-state index contributed by atoms with van der Waals surface area (Å²) in [6.07, 6.45) is 4.66. The van der Waals surface area contributed by atoms with Gasteiger partial charge in [0.2, 0.25) is 0 Å². The summed E-state index contributed by atoms with van der Waals surface area (Å²) in [6, 6.07) is 7.58. The van der Waals surface area contributed by atoms with Crippen LogP contribution in [-0.4, -0.2) is 6.54 Å². The Balaban J connectivity index is 2.47. The van der Waals surface area contributed by atoms with Gasteiger partial charge in [-0.1, -0.05) is 41.0 Å². The lowest BCUT2D eigenvalue weighted by atomic mass is 10.2. The standard InChI is InChI=1S/C10H10ClN3/c11-10-6-3-5-9(8-10)4-1-2-7-13-14-12/h1,3-6,8H,2,7H2. The van der Waals surface area contributed by atoms with Crippen LogP contribution in [0.2, 0.25) is 5.02 Å². The van der Waals surface area contributed by atoms with Crippen LogP contribution >= 0.6 is 11.6 Å². The molecular weight excluding hydrogens is 198 g/mol. The first-order valence-corrected chi connectivity index (χ1v) is 4.63. The van der Waals surface area contributed by atoms with Crippen molar-refractivity contribution in [3.8, 4) is 0 Å². The van der Waals surface area contributed by atoms with Crippen LogP contribution in [0, 0.1) is 0 Å². The molecule has 1 rings (SSSR count). The summed E-state index contributed by atoms with van der Waals surface area (Å²) in [4.78, 5) is 2.66. The number of hydrogen-bond donors (Lipinski definition) is 0. The normalized spacial score (nSPS) is 10.1. The van der Waals surface area contributed by atoms with Crippen LogP contribution in [0.5, 0.6) is 0 Å². The highest BCUT2D eigenvalue weighted by atomic mass is 35.5. The van der Waals surface area contributed by atoms with Crippen molar-refractivity contribution in [2.75, 3.05) is 6.54 Å². The molecule has 3 nitrogen and oxygen atoms in total. The summed E-state index contributed by atoms with van der Waals surface area (Å²) in [6.45, 7) is 0.494. The second-order valence-corrected chi connectivity index (χ2v) is 3.14. The van der Waals surface area contributed by atoms with E-state index in [0.29, 0.717) is 6.54 Å². The molecule has 0 spiro atoms. The zero-order valence-electron chi connectivity index (χ0n) is 7.60. The van der Waals surface area contributed by atoms with Crippen LogP contribution in [0.25, 0.3) is 16.5 Å². The van der Waals surface area contributed by atoms with Crippen LogP contribution in [0.4, 0.5) is 0 Å². The van der Waals surface area contributed by atoms with Crippen LogP contribution in [0.3, 0.4) is 0 Å². The van der Waals surface area contributed by atoms with E-state index in [2.05, 4.69) is 10.0 Å². The molecular formula is C10H10ClN3. The van der Waals surface area contributed by atoms with E-state index in [9.17, 15) is 0 Å². The van der Waals surface area contributed by atoms with Crippen LogP contribution in [0.15, 0.2) is 35.5 Å². The molecule has 0 amide bonds. The van der Waals surface area contributed by atoms with E-state index in [4.69, 9.17) is 17.1 Å². The number of nitrogens with zero attached hydrogens (tertiary/aromatic N) is 3. The summed E-state index contributed by atoms with van der Waals surface area (Å²) < 4.78 is 0. The number of halogens is 1. The summed E-state index contributed by atoms with van der Waals surface area (Å²) in [5.74, 6) is 0. The van der Waals surface area contributed by atoms with Gasteiger partial charge in [-0.25, -0.2) is 0 Å². The first-order chi connectivity index (χ1) is 6.83. The second kappa shape index (κ2) is 6.08. The largest absolute Gasteiger partial charge is 0.0937 e. The summed E-state index contributed by atoms with van der Waals surface area (Å²) >= 11 is 5.81. The van der Waals surface area contributed by atoms with Crippen molar-refractivity contribution in [3.05, 3.63) is 51.4 Å². The number of azide groups is 1. The number of benzene rings is 1. The maximum Gasteiger partial charge on any atom is 0.0411 e. The minimum atomic E-state index is 0.494. The average molecular weight is 208 g/mol. The highest BCUT2D eigenvalue weighted by Gasteiger charge is 1.87. The molecule has 0 radical (unpaired) electrons. The Labute approximate surface area is 87.6 Å². The summed E-state index contributed by atoms with van der Waals surface area (Å²) in [7, 11) is 0. The van der Waals surface area contributed by atoms with E-state index < -0.39 is 0 Å². The smallest absolute Gasteiger partial charge is 0.0411 e. The van der Waals surface area contributed by atoms with Crippen molar-refractivity contribution in [3.63, 3.8) is 0 Å².